The molecule has 9 nitrogen and oxygen atoms in total. The van der Waals surface area contributed by atoms with Crippen LogP contribution in [0.25, 0.3) is 17.1 Å². The predicted octanol–water partition coefficient (Wildman–Crippen LogP) is 4.81. The van der Waals surface area contributed by atoms with Crippen molar-refractivity contribution in [1.82, 2.24) is 20.2 Å². The number of hydrogen-bond acceptors (Lipinski definition) is 8. The van der Waals surface area contributed by atoms with Crippen molar-refractivity contribution in [3.05, 3.63) is 83.9 Å². The number of carbonyl (C=O) groups is 2. The van der Waals surface area contributed by atoms with Gasteiger partial charge in [0.1, 0.15) is 11.5 Å². The summed E-state index contributed by atoms with van der Waals surface area (Å²) in [7, 11) is 1.62. The Morgan fingerprint density at radius 2 is 1.58 bits per heavy atom. The molecule has 38 heavy (non-hydrogen) atoms. The van der Waals surface area contributed by atoms with Crippen LogP contribution >= 0.6 is 11.8 Å². The molecule has 0 unspecified atom stereocenters. The fourth-order valence-electron chi connectivity index (χ4n) is 3.52. The van der Waals surface area contributed by atoms with Crippen molar-refractivity contribution < 1.29 is 19.1 Å². The Kier molecular flexibility index (Phi) is 8.55. The second-order valence-corrected chi connectivity index (χ2v) is 9.29. The topological polar surface area (TPSA) is 108 Å². The number of nitrogens with one attached hydrogen (secondary N) is 1. The molecule has 0 saturated carbocycles. The highest BCUT2D eigenvalue weighted by atomic mass is 32.2. The first-order valence-electron chi connectivity index (χ1n) is 11.8. The zero-order chi connectivity index (χ0) is 27.1. The highest BCUT2D eigenvalue weighted by Crippen LogP contribution is 2.29. The third-order valence-corrected chi connectivity index (χ3v) is 6.42. The lowest BCUT2D eigenvalue weighted by atomic mass is 10.1. The van der Waals surface area contributed by atoms with Crippen LogP contribution in [-0.4, -0.2) is 45.2 Å². The molecule has 0 bridgehead atoms. The summed E-state index contributed by atoms with van der Waals surface area (Å²) in [5.41, 5.74) is 6.88. The summed E-state index contributed by atoms with van der Waals surface area (Å²) >= 11 is 1.27. The Morgan fingerprint density at radius 1 is 0.921 bits per heavy atom. The maximum atomic E-state index is 12.6. The van der Waals surface area contributed by atoms with Gasteiger partial charge in [0.15, 0.2) is 11.0 Å². The number of benzene rings is 3. The van der Waals surface area contributed by atoms with Gasteiger partial charge in [-0.25, -0.2) is 5.43 Å². The van der Waals surface area contributed by atoms with E-state index < -0.39 is 0 Å². The van der Waals surface area contributed by atoms with Crippen molar-refractivity contribution in [2.24, 2.45) is 5.10 Å². The number of rotatable bonds is 9. The molecule has 0 aliphatic rings. The van der Waals surface area contributed by atoms with E-state index >= 15 is 0 Å². The van der Waals surface area contributed by atoms with Crippen LogP contribution in [0.1, 0.15) is 25.0 Å². The van der Waals surface area contributed by atoms with Gasteiger partial charge in [0.25, 0.3) is 5.91 Å². The van der Waals surface area contributed by atoms with Crippen molar-refractivity contribution >= 4 is 29.4 Å². The van der Waals surface area contributed by atoms with Gasteiger partial charge in [-0.2, -0.15) is 5.10 Å². The summed E-state index contributed by atoms with van der Waals surface area (Å²) in [6.45, 7) is 5.15. The molecule has 1 N–H and O–H groups in total. The third kappa shape index (κ3) is 6.65. The molecule has 0 aliphatic heterocycles. The lowest BCUT2D eigenvalue weighted by Gasteiger charge is -2.11. The first kappa shape index (κ1) is 26.6. The summed E-state index contributed by atoms with van der Waals surface area (Å²) in [6, 6.07) is 22.5. The maximum Gasteiger partial charge on any atom is 0.308 e. The van der Waals surface area contributed by atoms with Gasteiger partial charge in [-0.1, -0.05) is 29.5 Å². The molecule has 1 aromatic heterocycles. The fourth-order valence-corrected chi connectivity index (χ4v) is 4.26. The number of nitrogens with zero attached hydrogens (tertiary/aromatic N) is 4. The Morgan fingerprint density at radius 3 is 2.21 bits per heavy atom. The molecule has 0 fully saturated rings. The molecule has 0 atom stereocenters. The molecule has 194 valence electrons. The molecule has 0 saturated heterocycles. The van der Waals surface area contributed by atoms with Gasteiger partial charge in [0.2, 0.25) is 0 Å². The van der Waals surface area contributed by atoms with Crippen LogP contribution < -0.4 is 14.9 Å². The van der Waals surface area contributed by atoms with Gasteiger partial charge in [-0.3, -0.25) is 14.2 Å². The van der Waals surface area contributed by atoms with Gasteiger partial charge in [-0.05, 0) is 80.1 Å². The molecule has 0 radical (unpaired) electrons. The van der Waals surface area contributed by atoms with Crippen LogP contribution in [0.15, 0.2) is 83.1 Å². The van der Waals surface area contributed by atoms with Crippen molar-refractivity contribution in [3.8, 4) is 28.6 Å². The van der Waals surface area contributed by atoms with Gasteiger partial charge in [0, 0.05) is 18.2 Å². The summed E-state index contributed by atoms with van der Waals surface area (Å²) in [5.74, 6) is 1.27. The molecule has 4 aromatic rings. The van der Waals surface area contributed by atoms with Crippen molar-refractivity contribution in [1.29, 1.82) is 0 Å². The quantitative estimate of drug-likeness (QED) is 0.109. The van der Waals surface area contributed by atoms with Crippen LogP contribution in [0.5, 0.6) is 11.5 Å². The second kappa shape index (κ2) is 12.2. The summed E-state index contributed by atoms with van der Waals surface area (Å²) in [5, 5.41) is 13.6. The van der Waals surface area contributed by atoms with E-state index in [1.54, 1.807) is 38.3 Å². The normalized spacial score (nSPS) is 11.2. The summed E-state index contributed by atoms with van der Waals surface area (Å²) < 4.78 is 12.2. The fraction of sp³-hybridized carbons (Fsp3) is 0.179. The Bertz CT molecular complexity index is 1450. The van der Waals surface area contributed by atoms with E-state index in [0.29, 0.717) is 22.4 Å². The zero-order valence-corrected chi connectivity index (χ0v) is 22.3. The van der Waals surface area contributed by atoms with Crippen molar-refractivity contribution in [2.45, 2.75) is 25.9 Å². The molecule has 0 spiro atoms. The number of ether oxygens (including phenoxy) is 2. The SMILES string of the molecule is COc1ccc(-c2nnc(SCC(=O)NN=C(C)c3ccc(OC(C)=O)cc3)n2-c2ccc(C)cc2)cc1. The minimum Gasteiger partial charge on any atom is -0.497 e. The number of carbonyl (C=O) groups excluding carboxylic acids is 2. The minimum atomic E-state index is -0.387. The van der Waals surface area contributed by atoms with E-state index in [1.165, 1.54) is 18.7 Å². The molecular formula is C28H27N5O4S. The molecule has 4 rings (SSSR count). The highest BCUT2D eigenvalue weighted by Gasteiger charge is 2.17. The number of thioether (sulfide) groups is 1. The minimum absolute atomic E-state index is 0.0920. The second-order valence-electron chi connectivity index (χ2n) is 8.34. The van der Waals surface area contributed by atoms with Crippen molar-refractivity contribution in [3.63, 3.8) is 0 Å². The first-order chi connectivity index (χ1) is 18.3. The maximum absolute atomic E-state index is 12.6. The third-order valence-electron chi connectivity index (χ3n) is 5.49. The van der Waals surface area contributed by atoms with E-state index in [0.717, 1.165) is 28.1 Å². The average Bonchev–Trinajstić information content (AvgIpc) is 3.35. The van der Waals surface area contributed by atoms with Gasteiger partial charge in [-0.15, -0.1) is 10.2 Å². The average molecular weight is 530 g/mol. The predicted molar refractivity (Wildman–Crippen MR) is 147 cm³/mol. The first-order valence-corrected chi connectivity index (χ1v) is 12.7. The zero-order valence-electron chi connectivity index (χ0n) is 21.5. The number of esters is 1. The van der Waals surface area contributed by atoms with Gasteiger partial charge in [0.05, 0.1) is 18.6 Å². The van der Waals surface area contributed by atoms with Crippen LogP contribution in [0, 0.1) is 6.92 Å². The van der Waals surface area contributed by atoms with E-state index in [4.69, 9.17) is 9.47 Å². The Hall–Kier alpha value is -4.44. The smallest absolute Gasteiger partial charge is 0.308 e. The molecule has 10 heteroatoms. The lowest BCUT2D eigenvalue weighted by Crippen LogP contribution is -2.21. The monoisotopic (exact) mass is 529 g/mol. The summed E-state index contributed by atoms with van der Waals surface area (Å²) in [4.78, 5) is 23.7. The molecule has 3 aromatic carbocycles. The van der Waals surface area contributed by atoms with E-state index in [1.807, 2.05) is 60.0 Å². The number of aryl methyl sites for hydroxylation is 1. The van der Waals surface area contributed by atoms with Crippen LogP contribution in [0.4, 0.5) is 0 Å². The number of hydrazone groups is 1. The molecule has 1 amide bonds. The van der Waals surface area contributed by atoms with E-state index in [-0.39, 0.29) is 17.6 Å². The highest BCUT2D eigenvalue weighted by molar-refractivity contribution is 7.99. The van der Waals surface area contributed by atoms with Gasteiger partial charge < -0.3 is 9.47 Å². The number of amides is 1. The number of hydrogen-bond donors (Lipinski definition) is 1. The number of methoxy groups -OCH3 is 1. The molecular weight excluding hydrogens is 502 g/mol. The van der Waals surface area contributed by atoms with E-state index in [9.17, 15) is 9.59 Å². The largest absolute Gasteiger partial charge is 0.497 e. The Balaban J connectivity index is 1.48. The summed E-state index contributed by atoms with van der Waals surface area (Å²) in [6.07, 6.45) is 0. The van der Waals surface area contributed by atoms with Crippen LogP contribution in [0.2, 0.25) is 0 Å². The van der Waals surface area contributed by atoms with Crippen LogP contribution in [0.3, 0.4) is 0 Å². The lowest BCUT2D eigenvalue weighted by molar-refractivity contribution is -0.131. The van der Waals surface area contributed by atoms with Crippen molar-refractivity contribution in [2.75, 3.05) is 12.9 Å². The molecule has 0 aliphatic carbocycles. The van der Waals surface area contributed by atoms with E-state index in [2.05, 4.69) is 20.7 Å². The standard InChI is InChI=1S/C28H27N5O4S/c1-18-5-11-23(12-6-18)33-27(22-9-13-24(36-4)14-10-22)31-32-28(33)38-17-26(35)30-29-19(2)21-7-15-25(16-8-21)37-20(3)34/h5-16H,17H2,1-4H3,(H,30,35). The van der Waals surface area contributed by atoms with Gasteiger partial charge >= 0.3 is 5.97 Å². The van der Waals surface area contributed by atoms with Crippen LogP contribution in [-0.2, 0) is 9.59 Å². The Labute approximate surface area is 224 Å². The molecule has 1 heterocycles. The number of aromatic nitrogens is 3.